The third kappa shape index (κ3) is 2.19. The zero-order valence-electron chi connectivity index (χ0n) is 17.7. The molecule has 0 fully saturated rings. The highest BCUT2D eigenvalue weighted by Gasteiger charge is 2.21. The molecule has 0 atom stereocenters. The van der Waals surface area contributed by atoms with Crippen molar-refractivity contribution in [1.29, 1.82) is 0 Å². The number of benzene rings is 3. The molecule has 2 aromatic heterocycles. The number of rotatable bonds is 1. The Hall–Kier alpha value is -2.71. The first kappa shape index (κ1) is 12.6. The molecule has 3 aromatic carbocycles. The monoisotopic (exact) mass is 357 g/mol. The quantitative estimate of drug-likeness (QED) is 0.309. The molecule has 2 heteroatoms. The van der Waals surface area contributed by atoms with Gasteiger partial charge in [0.1, 0.15) is 11.7 Å². The van der Waals surface area contributed by atoms with Crippen molar-refractivity contribution in [2.24, 2.45) is 7.05 Å². The summed E-state index contributed by atoms with van der Waals surface area (Å²) in [5, 5.41) is 5.02. The van der Waals surface area contributed by atoms with Crippen molar-refractivity contribution in [3.8, 4) is 11.3 Å². The minimum absolute atomic E-state index is 0.385. The molecule has 0 bridgehead atoms. The summed E-state index contributed by atoms with van der Waals surface area (Å²) in [7, 11) is 2.05. The van der Waals surface area contributed by atoms with Crippen molar-refractivity contribution < 1.29 is 8.68 Å². The number of nitrogens with zero attached hydrogens (tertiary/aromatic N) is 1. The number of hydrogen-bond acceptors (Lipinski definition) is 1. The van der Waals surface area contributed by atoms with Crippen molar-refractivity contribution >= 4 is 42.3 Å². The molecule has 26 heavy (non-hydrogen) atoms. The van der Waals surface area contributed by atoms with E-state index in [1.54, 1.807) is 12.1 Å². The summed E-state index contributed by atoms with van der Waals surface area (Å²) in [5.74, 6) is 0. The standard InChI is InChI=1S/C24H20NS/c1-15-8-10-18(16(2)14-15)22-24-21(12-13-25(22)3)20-11-9-17-6-4-5-7-19(17)23(20)26-24/h4-14H,1-3H3/q+1/i1D3. The van der Waals surface area contributed by atoms with Gasteiger partial charge in [-0.15, -0.1) is 11.3 Å². The van der Waals surface area contributed by atoms with Crippen LogP contribution in [0.1, 0.15) is 15.2 Å². The fraction of sp³-hybridized carbons (Fsp3) is 0.125. The molecular weight excluding hydrogens is 334 g/mol. The number of aromatic nitrogens is 1. The van der Waals surface area contributed by atoms with Gasteiger partial charge in [0.05, 0.1) is 5.56 Å². The predicted octanol–water partition coefficient (Wildman–Crippen LogP) is 6.32. The fourth-order valence-electron chi connectivity index (χ4n) is 3.85. The van der Waals surface area contributed by atoms with E-state index < -0.39 is 6.85 Å². The van der Waals surface area contributed by atoms with Gasteiger partial charge < -0.3 is 0 Å². The second kappa shape index (κ2) is 5.65. The molecule has 0 radical (unpaired) electrons. The maximum absolute atomic E-state index is 7.70. The zero-order chi connectivity index (χ0) is 20.3. The van der Waals surface area contributed by atoms with Gasteiger partial charge >= 0.3 is 0 Å². The topological polar surface area (TPSA) is 3.88 Å². The van der Waals surface area contributed by atoms with Crippen LogP contribution in [0.5, 0.6) is 0 Å². The lowest BCUT2D eigenvalue weighted by atomic mass is 10.0. The van der Waals surface area contributed by atoms with E-state index in [0.717, 1.165) is 16.8 Å². The number of pyridine rings is 1. The smallest absolute Gasteiger partial charge is 0.200 e. The van der Waals surface area contributed by atoms with E-state index in [2.05, 4.69) is 53.2 Å². The van der Waals surface area contributed by atoms with Gasteiger partial charge in [0.15, 0.2) is 6.20 Å². The first-order valence-electron chi connectivity index (χ1n) is 10.2. The summed E-state index contributed by atoms with van der Waals surface area (Å²) in [4.78, 5) is 0. The average molecular weight is 358 g/mol. The lowest BCUT2D eigenvalue weighted by Gasteiger charge is -2.06. The van der Waals surface area contributed by atoms with Crippen LogP contribution in [-0.2, 0) is 7.05 Å². The molecule has 0 aliphatic carbocycles. The Morgan fingerprint density at radius 3 is 2.58 bits per heavy atom. The van der Waals surface area contributed by atoms with Crippen molar-refractivity contribution in [2.75, 3.05) is 0 Å². The van der Waals surface area contributed by atoms with Crippen LogP contribution in [0.3, 0.4) is 0 Å². The summed E-state index contributed by atoms with van der Waals surface area (Å²) in [6.45, 7) is -0.0971. The van der Waals surface area contributed by atoms with Gasteiger partial charge in [0, 0.05) is 25.7 Å². The molecule has 0 aliphatic heterocycles. The zero-order valence-corrected chi connectivity index (χ0v) is 15.5. The van der Waals surface area contributed by atoms with Crippen LogP contribution in [0.2, 0.25) is 0 Å². The maximum atomic E-state index is 7.70. The van der Waals surface area contributed by atoms with Crippen LogP contribution < -0.4 is 4.57 Å². The minimum atomic E-state index is -2.09. The molecule has 0 aliphatic rings. The Bertz CT molecular complexity index is 1410. The molecule has 1 nitrogen and oxygen atoms in total. The van der Waals surface area contributed by atoms with Crippen molar-refractivity contribution in [2.45, 2.75) is 13.8 Å². The largest absolute Gasteiger partial charge is 0.230 e. The molecule has 0 saturated heterocycles. The van der Waals surface area contributed by atoms with E-state index in [1.165, 1.54) is 30.9 Å². The highest BCUT2D eigenvalue weighted by atomic mass is 32.1. The lowest BCUT2D eigenvalue weighted by molar-refractivity contribution is -0.659. The molecule has 0 N–H and O–H groups in total. The number of thiophene rings is 1. The Labute approximate surface area is 161 Å². The van der Waals surface area contributed by atoms with Gasteiger partial charge in [-0.05, 0) is 36.2 Å². The second-order valence-electron chi connectivity index (χ2n) is 6.81. The summed E-state index contributed by atoms with van der Waals surface area (Å²) in [6.07, 6.45) is 2.09. The van der Waals surface area contributed by atoms with Crippen LogP contribution in [-0.4, -0.2) is 0 Å². The van der Waals surface area contributed by atoms with Gasteiger partial charge in [0.25, 0.3) is 0 Å². The van der Waals surface area contributed by atoms with E-state index in [0.29, 0.717) is 5.56 Å². The fourth-order valence-corrected chi connectivity index (χ4v) is 5.28. The third-order valence-corrected chi connectivity index (χ3v) is 6.39. The second-order valence-corrected chi connectivity index (χ2v) is 7.83. The molecule has 0 unspecified atom stereocenters. The van der Waals surface area contributed by atoms with E-state index in [4.69, 9.17) is 4.11 Å². The minimum Gasteiger partial charge on any atom is -0.200 e. The Morgan fingerprint density at radius 1 is 0.885 bits per heavy atom. The molecule has 5 aromatic rings. The first-order valence-corrected chi connectivity index (χ1v) is 9.50. The number of hydrogen-bond donors (Lipinski definition) is 0. The van der Waals surface area contributed by atoms with Crippen molar-refractivity contribution in [3.63, 3.8) is 0 Å². The summed E-state index contributed by atoms with van der Waals surface area (Å²) >= 11 is 1.81. The molecule has 126 valence electrons. The summed E-state index contributed by atoms with van der Waals surface area (Å²) < 4.78 is 27.8. The van der Waals surface area contributed by atoms with Crippen LogP contribution >= 0.6 is 11.3 Å². The van der Waals surface area contributed by atoms with E-state index in [1.807, 2.05) is 31.4 Å². The Morgan fingerprint density at radius 2 is 1.73 bits per heavy atom. The maximum Gasteiger partial charge on any atom is 0.230 e. The molecule has 2 heterocycles. The third-order valence-electron chi connectivity index (χ3n) is 5.13. The molecule has 0 saturated carbocycles. The average Bonchev–Trinajstić information content (AvgIpc) is 3.07. The van der Waals surface area contributed by atoms with Gasteiger partial charge in [-0.25, -0.2) is 0 Å². The van der Waals surface area contributed by atoms with E-state index in [-0.39, 0.29) is 0 Å². The highest BCUT2D eigenvalue weighted by Crippen LogP contribution is 2.41. The molecule has 0 spiro atoms. The molecule has 5 rings (SSSR count). The number of fused-ring (bicyclic) bond motifs is 5. The van der Waals surface area contributed by atoms with Crippen LogP contribution in [0.15, 0.2) is 66.9 Å². The van der Waals surface area contributed by atoms with Gasteiger partial charge in [-0.3, -0.25) is 0 Å². The van der Waals surface area contributed by atoms with Gasteiger partial charge in [-0.2, -0.15) is 4.57 Å². The van der Waals surface area contributed by atoms with Crippen LogP contribution in [0.25, 0.3) is 42.2 Å². The van der Waals surface area contributed by atoms with E-state index >= 15 is 0 Å². The van der Waals surface area contributed by atoms with Crippen molar-refractivity contribution in [1.82, 2.24) is 0 Å². The van der Waals surface area contributed by atoms with Crippen LogP contribution in [0.4, 0.5) is 0 Å². The SMILES string of the molecule is [2H]C([2H])([2H])c1ccc(-c2c3sc4c5ccccc5ccc4c3cc[n+]2C)c(C)c1. The Balaban J connectivity index is 1.85. The Kier molecular flexibility index (Phi) is 2.74. The summed E-state index contributed by atoms with van der Waals surface area (Å²) in [5.41, 5.74) is 3.56. The first-order chi connectivity index (χ1) is 13.8. The van der Waals surface area contributed by atoms with E-state index in [9.17, 15) is 0 Å². The predicted molar refractivity (Wildman–Crippen MR) is 113 cm³/mol. The normalized spacial score (nSPS) is 13.8. The number of aryl methyl sites for hydroxylation is 3. The van der Waals surface area contributed by atoms with Crippen LogP contribution in [0, 0.1) is 13.8 Å². The molecular formula is C24H20NS+. The highest BCUT2D eigenvalue weighted by molar-refractivity contribution is 7.27. The van der Waals surface area contributed by atoms with Gasteiger partial charge in [-0.1, -0.05) is 54.1 Å². The lowest BCUT2D eigenvalue weighted by Crippen LogP contribution is -2.30. The van der Waals surface area contributed by atoms with Gasteiger partial charge in [0.2, 0.25) is 5.69 Å². The molecule has 0 amide bonds. The van der Waals surface area contributed by atoms with Crippen molar-refractivity contribution in [3.05, 3.63) is 78.0 Å². The summed E-state index contributed by atoms with van der Waals surface area (Å²) in [6, 6.07) is 20.6.